The van der Waals surface area contributed by atoms with Gasteiger partial charge in [-0.25, -0.2) is 20.3 Å². The average molecular weight is 196 g/mol. The summed E-state index contributed by atoms with van der Waals surface area (Å²) in [5.74, 6) is 1.75. The molecule has 0 amide bonds. The van der Waals surface area contributed by atoms with Gasteiger partial charge in [0.1, 0.15) is 5.76 Å². The first-order chi connectivity index (χ1) is 6.79. The van der Waals surface area contributed by atoms with Gasteiger partial charge in [-0.2, -0.15) is 0 Å². The SMILES string of the molecule is CNCC1N=C(c2ncc(C)o2)NO1. The number of oxazole rings is 1. The van der Waals surface area contributed by atoms with Crippen LogP contribution < -0.4 is 10.8 Å². The lowest BCUT2D eigenvalue weighted by atomic mass is 10.5. The van der Waals surface area contributed by atoms with E-state index in [0.717, 1.165) is 5.76 Å². The predicted molar refractivity (Wildman–Crippen MR) is 49.7 cm³/mol. The molecule has 1 unspecified atom stereocenters. The van der Waals surface area contributed by atoms with Crippen LogP contribution in [0.4, 0.5) is 0 Å². The number of aliphatic imine (C=N–C) groups is 1. The highest BCUT2D eigenvalue weighted by Crippen LogP contribution is 2.07. The number of hydroxylamine groups is 1. The van der Waals surface area contributed by atoms with E-state index < -0.39 is 0 Å². The van der Waals surface area contributed by atoms with Crippen LogP contribution in [-0.2, 0) is 4.84 Å². The Morgan fingerprint density at radius 3 is 3.14 bits per heavy atom. The van der Waals surface area contributed by atoms with Gasteiger partial charge in [0.25, 0.3) is 5.89 Å². The van der Waals surface area contributed by atoms with Crippen molar-refractivity contribution in [2.75, 3.05) is 13.6 Å². The summed E-state index contributed by atoms with van der Waals surface area (Å²) in [6, 6.07) is 0. The summed E-state index contributed by atoms with van der Waals surface area (Å²) in [5.41, 5.74) is 2.67. The van der Waals surface area contributed by atoms with Crippen molar-refractivity contribution in [2.45, 2.75) is 13.2 Å². The Kier molecular flexibility index (Phi) is 2.47. The molecule has 0 bridgehead atoms. The van der Waals surface area contributed by atoms with Crippen LogP contribution in [0, 0.1) is 6.92 Å². The number of hydrogen-bond acceptors (Lipinski definition) is 6. The second kappa shape index (κ2) is 3.77. The van der Waals surface area contributed by atoms with Gasteiger partial charge < -0.3 is 9.73 Å². The van der Waals surface area contributed by atoms with Crippen LogP contribution in [0.25, 0.3) is 0 Å². The highest BCUT2D eigenvalue weighted by atomic mass is 16.7. The Morgan fingerprint density at radius 2 is 2.50 bits per heavy atom. The molecule has 1 aromatic rings. The fourth-order valence-electron chi connectivity index (χ4n) is 1.15. The first-order valence-electron chi connectivity index (χ1n) is 4.36. The summed E-state index contributed by atoms with van der Waals surface area (Å²) < 4.78 is 5.29. The number of nitrogens with one attached hydrogen (secondary N) is 2. The summed E-state index contributed by atoms with van der Waals surface area (Å²) in [4.78, 5) is 13.4. The Balaban J connectivity index is 2.09. The minimum atomic E-state index is -0.220. The monoisotopic (exact) mass is 196 g/mol. The molecule has 1 atom stereocenters. The van der Waals surface area contributed by atoms with Crippen molar-refractivity contribution in [1.29, 1.82) is 0 Å². The maximum Gasteiger partial charge on any atom is 0.264 e. The molecule has 0 saturated carbocycles. The van der Waals surface area contributed by atoms with Gasteiger partial charge in [0.05, 0.1) is 6.20 Å². The van der Waals surface area contributed by atoms with Crippen molar-refractivity contribution in [3.8, 4) is 0 Å². The van der Waals surface area contributed by atoms with Crippen LogP contribution >= 0.6 is 0 Å². The molecule has 14 heavy (non-hydrogen) atoms. The number of hydrogen-bond donors (Lipinski definition) is 2. The van der Waals surface area contributed by atoms with Crippen molar-refractivity contribution in [2.24, 2.45) is 4.99 Å². The Bertz CT molecular complexity index is 347. The molecular formula is C8H12N4O2. The summed E-state index contributed by atoms with van der Waals surface area (Å²) in [5, 5.41) is 2.96. The highest BCUT2D eigenvalue weighted by molar-refractivity contribution is 5.94. The first kappa shape index (κ1) is 9.17. The van der Waals surface area contributed by atoms with Crippen molar-refractivity contribution in [3.63, 3.8) is 0 Å². The lowest BCUT2D eigenvalue weighted by Crippen LogP contribution is -2.25. The second-order valence-corrected chi connectivity index (χ2v) is 2.99. The van der Waals surface area contributed by atoms with E-state index in [0.29, 0.717) is 18.3 Å². The van der Waals surface area contributed by atoms with Crippen LogP contribution in [0.1, 0.15) is 11.7 Å². The van der Waals surface area contributed by atoms with Crippen molar-refractivity contribution in [3.05, 3.63) is 17.8 Å². The maximum atomic E-state index is 5.29. The zero-order valence-corrected chi connectivity index (χ0v) is 8.07. The van der Waals surface area contributed by atoms with Crippen LogP contribution in [0.2, 0.25) is 0 Å². The third-order valence-corrected chi connectivity index (χ3v) is 1.77. The minimum Gasteiger partial charge on any atom is -0.439 e. The largest absolute Gasteiger partial charge is 0.439 e. The number of rotatable bonds is 3. The van der Waals surface area contributed by atoms with Gasteiger partial charge in [0.15, 0.2) is 6.23 Å². The quantitative estimate of drug-likeness (QED) is 0.701. The van der Waals surface area contributed by atoms with Gasteiger partial charge in [-0.3, -0.25) is 0 Å². The smallest absolute Gasteiger partial charge is 0.264 e. The van der Waals surface area contributed by atoms with Gasteiger partial charge in [-0.1, -0.05) is 0 Å². The highest BCUT2D eigenvalue weighted by Gasteiger charge is 2.21. The molecule has 1 aliphatic rings. The number of aromatic nitrogens is 1. The summed E-state index contributed by atoms with van der Waals surface area (Å²) >= 11 is 0. The lowest BCUT2D eigenvalue weighted by Gasteiger charge is -2.02. The maximum absolute atomic E-state index is 5.29. The van der Waals surface area contributed by atoms with E-state index in [-0.39, 0.29) is 6.23 Å². The second-order valence-electron chi connectivity index (χ2n) is 2.99. The van der Waals surface area contributed by atoms with Crippen molar-refractivity contribution in [1.82, 2.24) is 15.8 Å². The summed E-state index contributed by atoms with van der Waals surface area (Å²) in [6.07, 6.45) is 1.42. The van der Waals surface area contributed by atoms with Crippen LogP contribution in [-0.4, -0.2) is 30.6 Å². The van der Waals surface area contributed by atoms with Gasteiger partial charge >= 0.3 is 0 Å². The minimum absolute atomic E-state index is 0.220. The van der Waals surface area contributed by atoms with E-state index in [2.05, 4.69) is 20.8 Å². The fraction of sp³-hybridized carbons (Fsp3) is 0.500. The normalized spacial score (nSPS) is 20.7. The van der Waals surface area contributed by atoms with Gasteiger partial charge in [0.2, 0.25) is 5.84 Å². The molecule has 0 aromatic carbocycles. The molecule has 0 spiro atoms. The van der Waals surface area contributed by atoms with E-state index in [1.54, 1.807) is 6.20 Å². The molecule has 76 valence electrons. The van der Waals surface area contributed by atoms with E-state index in [4.69, 9.17) is 9.25 Å². The predicted octanol–water partition coefficient (Wildman–Crippen LogP) is -0.190. The third kappa shape index (κ3) is 1.75. The van der Waals surface area contributed by atoms with Crippen LogP contribution in [0.5, 0.6) is 0 Å². The summed E-state index contributed by atoms with van der Waals surface area (Å²) in [6.45, 7) is 2.48. The molecule has 1 aliphatic heterocycles. The molecule has 2 heterocycles. The van der Waals surface area contributed by atoms with Gasteiger partial charge in [0, 0.05) is 6.54 Å². The van der Waals surface area contributed by atoms with E-state index in [1.165, 1.54) is 0 Å². The zero-order valence-electron chi connectivity index (χ0n) is 8.07. The molecule has 2 N–H and O–H groups in total. The lowest BCUT2D eigenvalue weighted by molar-refractivity contribution is 0.0396. The zero-order chi connectivity index (χ0) is 9.97. The Hall–Kier alpha value is -1.40. The van der Waals surface area contributed by atoms with Gasteiger partial charge in [-0.05, 0) is 14.0 Å². The molecule has 6 nitrogen and oxygen atoms in total. The molecule has 1 aromatic heterocycles. The molecule has 6 heteroatoms. The third-order valence-electron chi connectivity index (χ3n) is 1.77. The first-order valence-corrected chi connectivity index (χ1v) is 4.36. The van der Waals surface area contributed by atoms with E-state index in [1.807, 2.05) is 14.0 Å². The topological polar surface area (TPSA) is 71.7 Å². The van der Waals surface area contributed by atoms with Crippen LogP contribution in [0.3, 0.4) is 0 Å². The Morgan fingerprint density at radius 1 is 1.64 bits per heavy atom. The standard InChI is InChI=1S/C8H12N4O2/c1-5-3-10-8(13-5)7-11-6(4-9-2)14-12-7/h3,6,9H,4H2,1-2H3,(H,11,12). The average Bonchev–Trinajstić information content (AvgIpc) is 2.74. The molecule has 0 radical (unpaired) electrons. The number of aryl methyl sites for hydroxylation is 1. The van der Waals surface area contributed by atoms with Crippen molar-refractivity contribution < 1.29 is 9.25 Å². The molecule has 0 fully saturated rings. The van der Waals surface area contributed by atoms with Crippen LogP contribution in [0.15, 0.2) is 15.6 Å². The molecule has 0 saturated heterocycles. The fourth-order valence-corrected chi connectivity index (χ4v) is 1.15. The number of likely N-dealkylation sites (N-methyl/N-ethyl adjacent to an activating group) is 1. The Labute approximate surface area is 81.3 Å². The van der Waals surface area contributed by atoms with E-state index in [9.17, 15) is 0 Å². The molecular weight excluding hydrogens is 184 g/mol. The van der Waals surface area contributed by atoms with Crippen molar-refractivity contribution >= 4 is 5.84 Å². The molecule has 0 aliphatic carbocycles. The van der Waals surface area contributed by atoms with Gasteiger partial charge in [-0.15, -0.1) is 0 Å². The molecule has 2 rings (SSSR count). The van der Waals surface area contributed by atoms with E-state index >= 15 is 0 Å². The number of amidine groups is 1. The number of nitrogens with zero attached hydrogens (tertiary/aromatic N) is 2. The summed E-state index contributed by atoms with van der Waals surface area (Å²) in [7, 11) is 1.84.